The first kappa shape index (κ1) is 18.9. The summed E-state index contributed by atoms with van der Waals surface area (Å²) in [5.74, 6) is 0.636. The van der Waals surface area contributed by atoms with Crippen LogP contribution in [-0.4, -0.2) is 33.5 Å². The Kier molecular flexibility index (Phi) is 6.82. The standard InChI is InChI=1S/C20H22ClN5O/c21-18-6-4-16(5-7-18)17(15-26-12-1-2-13-26)14-19(27)22-10-11-25-20-23-8-3-9-24-20/h1-9,12-13,17H,10-11,14-15H2,(H,22,27)(H,23,24,25)/t17-/m1/s1. The van der Waals surface area contributed by atoms with Crippen LogP contribution >= 0.6 is 11.6 Å². The topological polar surface area (TPSA) is 71.8 Å². The maximum absolute atomic E-state index is 12.4. The Morgan fingerprint density at radius 3 is 2.44 bits per heavy atom. The molecule has 3 rings (SSSR count). The first-order chi connectivity index (χ1) is 13.2. The van der Waals surface area contributed by atoms with Gasteiger partial charge in [-0.25, -0.2) is 9.97 Å². The van der Waals surface area contributed by atoms with Crippen LogP contribution in [0.15, 0.2) is 67.3 Å². The van der Waals surface area contributed by atoms with E-state index in [-0.39, 0.29) is 11.8 Å². The van der Waals surface area contributed by atoms with E-state index in [4.69, 9.17) is 11.6 Å². The van der Waals surface area contributed by atoms with Crippen LogP contribution in [0, 0.1) is 0 Å². The van der Waals surface area contributed by atoms with Crippen molar-refractivity contribution in [2.45, 2.75) is 18.9 Å². The highest BCUT2D eigenvalue weighted by Crippen LogP contribution is 2.23. The summed E-state index contributed by atoms with van der Waals surface area (Å²) in [6, 6.07) is 13.4. The summed E-state index contributed by atoms with van der Waals surface area (Å²) in [6.07, 6.45) is 7.76. The monoisotopic (exact) mass is 383 g/mol. The second-order valence-corrected chi connectivity index (χ2v) is 6.62. The zero-order valence-corrected chi connectivity index (χ0v) is 15.6. The van der Waals surface area contributed by atoms with E-state index in [1.165, 1.54) is 0 Å². The number of amides is 1. The number of anilines is 1. The van der Waals surface area contributed by atoms with Gasteiger partial charge in [0.1, 0.15) is 0 Å². The number of nitrogens with zero attached hydrogens (tertiary/aromatic N) is 3. The minimum absolute atomic E-state index is 0.0119. The van der Waals surface area contributed by atoms with Crippen LogP contribution in [0.2, 0.25) is 5.02 Å². The fourth-order valence-electron chi connectivity index (χ4n) is 2.83. The van der Waals surface area contributed by atoms with Crippen molar-refractivity contribution in [1.29, 1.82) is 0 Å². The van der Waals surface area contributed by atoms with E-state index in [0.717, 1.165) is 12.1 Å². The Morgan fingerprint density at radius 2 is 1.74 bits per heavy atom. The Morgan fingerprint density at radius 1 is 1.04 bits per heavy atom. The molecule has 0 unspecified atom stereocenters. The van der Waals surface area contributed by atoms with E-state index >= 15 is 0 Å². The molecule has 0 radical (unpaired) electrons. The van der Waals surface area contributed by atoms with Gasteiger partial charge < -0.3 is 15.2 Å². The first-order valence-electron chi connectivity index (χ1n) is 8.84. The molecule has 0 aliphatic heterocycles. The Hall–Kier alpha value is -2.86. The SMILES string of the molecule is O=C(C[C@H](Cn1cccc1)c1ccc(Cl)cc1)NCCNc1ncccn1. The molecule has 0 aliphatic rings. The van der Waals surface area contributed by atoms with Gasteiger partial charge in [-0.2, -0.15) is 0 Å². The molecule has 6 nitrogen and oxygen atoms in total. The number of hydrogen-bond acceptors (Lipinski definition) is 4. The zero-order valence-electron chi connectivity index (χ0n) is 14.9. The molecule has 27 heavy (non-hydrogen) atoms. The van der Waals surface area contributed by atoms with Gasteiger partial charge in [-0.1, -0.05) is 23.7 Å². The Labute approximate surface area is 163 Å². The molecule has 140 valence electrons. The number of nitrogens with one attached hydrogen (secondary N) is 2. The maximum atomic E-state index is 12.4. The molecule has 0 aliphatic carbocycles. The lowest BCUT2D eigenvalue weighted by atomic mass is 9.95. The molecule has 2 aromatic heterocycles. The van der Waals surface area contributed by atoms with E-state index in [1.807, 2.05) is 48.8 Å². The lowest BCUT2D eigenvalue weighted by Crippen LogP contribution is -2.30. The Balaban J connectivity index is 1.53. The van der Waals surface area contributed by atoms with Crippen molar-refractivity contribution in [3.63, 3.8) is 0 Å². The van der Waals surface area contributed by atoms with Crippen molar-refractivity contribution in [3.05, 3.63) is 77.8 Å². The highest BCUT2D eigenvalue weighted by Gasteiger charge is 2.16. The summed E-state index contributed by atoms with van der Waals surface area (Å²) in [7, 11) is 0. The molecular formula is C20H22ClN5O. The summed E-state index contributed by atoms with van der Waals surface area (Å²) in [4.78, 5) is 20.6. The lowest BCUT2D eigenvalue weighted by molar-refractivity contribution is -0.121. The van der Waals surface area contributed by atoms with Crippen LogP contribution in [-0.2, 0) is 11.3 Å². The molecule has 2 N–H and O–H groups in total. The molecule has 7 heteroatoms. The number of carbonyl (C=O) groups excluding carboxylic acids is 1. The van der Waals surface area contributed by atoms with Gasteiger partial charge in [-0.3, -0.25) is 4.79 Å². The molecule has 0 saturated carbocycles. The third-order valence-corrected chi connectivity index (χ3v) is 4.42. The van der Waals surface area contributed by atoms with Crippen LogP contribution in [0.25, 0.3) is 0 Å². The van der Waals surface area contributed by atoms with Crippen LogP contribution in [0.4, 0.5) is 5.95 Å². The smallest absolute Gasteiger partial charge is 0.222 e. The molecule has 0 fully saturated rings. The number of aromatic nitrogens is 3. The van der Waals surface area contributed by atoms with Gasteiger partial charge in [0.15, 0.2) is 0 Å². The second kappa shape index (κ2) is 9.73. The van der Waals surface area contributed by atoms with Crippen molar-refractivity contribution in [2.24, 2.45) is 0 Å². The predicted octanol–water partition coefficient (Wildman–Crippen LogP) is 3.33. The fraction of sp³-hybridized carbons (Fsp3) is 0.250. The van der Waals surface area contributed by atoms with Crippen LogP contribution in [0.5, 0.6) is 0 Å². The second-order valence-electron chi connectivity index (χ2n) is 6.18. The third-order valence-electron chi connectivity index (χ3n) is 4.17. The maximum Gasteiger partial charge on any atom is 0.222 e. The van der Waals surface area contributed by atoms with E-state index in [9.17, 15) is 4.79 Å². The molecule has 0 bridgehead atoms. The predicted molar refractivity (Wildman–Crippen MR) is 107 cm³/mol. The minimum Gasteiger partial charge on any atom is -0.354 e. The molecule has 1 amide bonds. The van der Waals surface area contributed by atoms with Crippen LogP contribution in [0.3, 0.4) is 0 Å². The van der Waals surface area contributed by atoms with E-state index < -0.39 is 0 Å². The van der Waals surface area contributed by atoms with Gasteiger partial charge >= 0.3 is 0 Å². The normalized spacial score (nSPS) is 11.7. The van der Waals surface area contributed by atoms with Crippen LogP contribution in [0.1, 0.15) is 17.9 Å². The highest BCUT2D eigenvalue weighted by atomic mass is 35.5. The molecule has 3 aromatic rings. The highest BCUT2D eigenvalue weighted by molar-refractivity contribution is 6.30. The summed E-state index contributed by atoms with van der Waals surface area (Å²) in [5.41, 5.74) is 1.10. The van der Waals surface area contributed by atoms with Gasteiger partial charge in [0.2, 0.25) is 11.9 Å². The van der Waals surface area contributed by atoms with E-state index in [1.54, 1.807) is 18.5 Å². The van der Waals surface area contributed by atoms with Crippen molar-refractivity contribution >= 4 is 23.5 Å². The number of benzene rings is 1. The van der Waals surface area contributed by atoms with E-state index in [2.05, 4.69) is 25.2 Å². The summed E-state index contributed by atoms with van der Waals surface area (Å²) >= 11 is 6.00. The van der Waals surface area contributed by atoms with Crippen molar-refractivity contribution < 1.29 is 4.79 Å². The van der Waals surface area contributed by atoms with Gasteiger partial charge in [-0.05, 0) is 35.9 Å². The van der Waals surface area contributed by atoms with Gasteiger partial charge in [0.05, 0.1) is 0 Å². The van der Waals surface area contributed by atoms with Crippen molar-refractivity contribution in [2.75, 3.05) is 18.4 Å². The van der Waals surface area contributed by atoms with Crippen molar-refractivity contribution in [1.82, 2.24) is 19.9 Å². The summed E-state index contributed by atoms with van der Waals surface area (Å²) < 4.78 is 2.08. The molecular weight excluding hydrogens is 362 g/mol. The molecule has 1 atom stereocenters. The first-order valence-corrected chi connectivity index (χ1v) is 9.22. The number of carbonyl (C=O) groups is 1. The third kappa shape index (κ3) is 6.11. The molecule has 0 saturated heterocycles. The Bertz CT molecular complexity index is 821. The average molecular weight is 384 g/mol. The number of hydrogen-bond donors (Lipinski definition) is 2. The quantitative estimate of drug-likeness (QED) is 0.556. The molecule has 1 aromatic carbocycles. The van der Waals surface area contributed by atoms with Gasteiger partial charge in [-0.15, -0.1) is 0 Å². The molecule has 0 spiro atoms. The van der Waals surface area contributed by atoms with Gasteiger partial charge in [0.25, 0.3) is 0 Å². The molecule has 2 heterocycles. The summed E-state index contributed by atoms with van der Waals surface area (Å²) in [6.45, 7) is 1.81. The largest absolute Gasteiger partial charge is 0.354 e. The van der Waals surface area contributed by atoms with E-state index in [0.29, 0.717) is 30.5 Å². The summed E-state index contributed by atoms with van der Waals surface area (Å²) in [5, 5.41) is 6.72. The van der Waals surface area contributed by atoms with Gasteiger partial charge in [0, 0.05) is 61.8 Å². The lowest BCUT2D eigenvalue weighted by Gasteiger charge is -2.18. The number of halogens is 1. The zero-order chi connectivity index (χ0) is 18.9. The number of rotatable bonds is 9. The van der Waals surface area contributed by atoms with Crippen molar-refractivity contribution in [3.8, 4) is 0 Å². The average Bonchev–Trinajstić information content (AvgIpc) is 3.19. The van der Waals surface area contributed by atoms with Crippen LogP contribution < -0.4 is 10.6 Å². The minimum atomic E-state index is 0.0119. The fourth-order valence-corrected chi connectivity index (χ4v) is 2.96.